The van der Waals surface area contributed by atoms with E-state index in [1.807, 2.05) is 18.3 Å². The van der Waals surface area contributed by atoms with Crippen LogP contribution in [-0.2, 0) is 0 Å². The van der Waals surface area contributed by atoms with Gasteiger partial charge in [-0.05, 0) is 36.6 Å². The van der Waals surface area contributed by atoms with Crippen LogP contribution in [0.5, 0.6) is 0 Å². The van der Waals surface area contributed by atoms with Gasteiger partial charge in [-0.1, -0.05) is 15.9 Å². The van der Waals surface area contributed by atoms with Crippen molar-refractivity contribution < 1.29 is 5.11 Å². The first kappa shape index (κ1) is 14.5. The maximum atomic E-state index is 8.80. The van der Waals surface area contributed by atoms with E-state index in [1.54, 1.807) is 0 Å². The highest BCUT2D eigenvalue weighted by Gasteiger charge is 2.11. The van der Waals surface area contributed by atoms with Gasteiger partial charge in [0.1, 0.15) is 0 Å². The maximum Gasteiger partial charge on any atom is 0.0458 e. The van der Waals surface area contributed by atoms with Gasteiger partial charge in [-0.3, -0.25) is 0 Å². The van der Waals surface area contributed by atoms with Crippen LogP contribution in [0.25, 0.3) is 10.9 Å². The molecule has 0 aliphatic heterocycles. The third-order valence-electron chi connectivity index (χ3n) is 2.75. The summed E-state index contributed by atoms with van der Waals surface area (Å²) in [4.78, 5) is 3.21. The number of aliphatic hydroxyl groups excluding tert-OH is 1. The molecule has 2 rings (SSSR count). The van der Waals surface area contributed by atoms with Crippen molar-refractivity contribution in [1.82, 2.24) is 4.98 Å². The molecule has 0 aliphatic rings. The minimum Gasteiger partial charge on any atom is -0.396 e. The summed E-state index contributed by atoms with van der Waals surface area (Å²) in [5, 5.41) is 9.95. The molecule has 0 fully saturated rings. The van der Waals surface area contributed by atoms with Crippen molar-refractivity contribution in [3.8, 4) is 0 Å². The zero-order valence-corrected chi connectivity index (χ0v) is 11.7. The molecule has 94 valence electrons. The number of fused-ring (bicyclic) bond motifs is 1. The molecule has 0 bridgehead atoms. The lowest BCUT2D eigenvalue weighted by atomic mass is 10.0. The second-order valence-electron chi connectivity index (χ2n) is 3.91. The Morgan fingerprint density at radius 2 is 2.18 bits per heavy atom. The molecule has 3 nitrogen and oxygen atoms in total. The van der Waals surface area contributed by atoms with Crippen molar-refractivity contribution in [1.29, 1.82) is 0 Å². The molecule has 0 unspecified atom stereocenters. The van der Waals surface area contributed by atoms with Crippen molar-refractivity contribution in [3.63, 3.8) is 0 Å². The van der Waals surface area contributed by atoms with Crippen molar-refractivity contribution in [2.24, 2.45) is 5.73 Å². The topological polar surface area (TPSA) is 62.0 Å². The molecule has 1 heterocycles. The zero-order valence-electron chi connectivity index (χ0n) is 9.32. The Bertz CT molecular complexity index is 486. The van der Waals surface area contributed by atoms with Crippen LogP contribution in [0, 0.1) is 0 Å². The number of H-pyrrole nitrogens is 1. The van der Waals surface area contributed by atoms with Crippen molar-refractivity contribution in [2.45, 2.75) is 18.9 Å². The van der Waals surface area contributed by atoms with Crippen LogP contribution in [-0.4, -0.2) is 16.7 Å². The van der Waals surface area contributed by atoms with Gasteiger partial charge in [0.25, 0.3) is 0 Å². The lowest BCUT2D eigenvalue weighted by Crippen LogP contribution is -2.10. The monoisotopic (exact) mass is 318 g/mol. The standard InChI is InChI=1S/C12H15BrN2O.ClH/c13-8-3-4-12-9(6-8)10(7-15-12)11(14)2-1-5-16;/h3-4,6-7,11,15-16H,1-2,5,14H2;1H/t11-;/m0./s1. The molecule has 0 amide bonds. The molecule has 1 aromatic heterocycles. The van der Waals surface area contributed by atoms with E-state index in [0.29, 0.717) is 0 Å². The molecule has 4 N–H and O–H groups in total. The van der Waals surface area contributed by atoms with E-state index in [4.69, 9.17) is 10.8 Å². The van der Waals surface area contributed by atoms with Gasteiger partial charge in [-0.15, -0.1) is 12.4 Å². The summed E-state index contributed by atoms with van der Waals surface area (Å²) in [6.45, 7) is 0.194. The van der Waals surface area contributed by atoms with Crippen molar-refractivity contribution in [2.75, 3.05) is 6.61 Å². The van der Waals surface area contributed by atoms with Crippen molar-refractivity contribution >= 4 is 39.2 Å². The van der Waals surface area contributed by atoms with Crippen LogP contribution in [0.3, 0.4) is 0 Å². The van der Waals surface area contributed by atoms with E-state index in [1.165, 1.54) is 0 Å². The molecule has 0 spiro atoms. The summed E-state index contributed by atoms with van der Waals surface area (Å²) in [5.74, 6) is 0. The number of nitrogens with one attached hydrogen (secondary N) is 1. The normalized spacial score (nSPS) is 12.4. The summed E-state index contributed by atoms with van der Waals surface area (Å²) in [6, 6.07) is 6.08. The third-order valence-corrected chi connectivity index (χ3v) is 3.24. The molecule has 17 heavy (non-hydrogen) atoms. The Balaban J connectivity index is 0.00000144. The number of nitrogens with two attached hydrogens (primary N) is 1. The molecule has 0 saturated heterocycles. The van der Waals surface area contributed by atoms with Gasteiger partial charge >= 0.3 is 0 Å². The molecule has 5 heteroatoms. The summed E-state index contributed by atoms with van der Waals surface area (Å²) in [7, 11) is 0. The summed E-state index contributed by atoms with van der Waals surface area (Å²) in [5.41, 5.74) is 8.31. The summed E-state index contributed by atoms with van der Waals surface area (Å²) < 4.78 is 1.05. The molecular formula is C12H16BrClN2O. The summed E-state index contributed by atoms with van der Waals surface area (Å²) >= 11 is 3.46. The van der Waals surface area contributed by atoms with Gasteiger partial charge in [0.2, 0.25) is 0 Å². The minimum atomic E-state index is -0.0183. The smallest absolute Gasteiger partial charge is 0.0458 e. The molecular weight excluding hydrogens is 304 g/mol. The summed E-state index contributed by atoms with van der Waals surface area (Å²) in [6.07, 6.45) is 3.50. The van der Waals surface area contributed by atoms with Crippen molar-refractivity contribution in [3.05, 3.63) is 34.4 Å². The second kappa shape index (κ2) is 6.40. The highest BCUT2D eigenvalue weighted by atomic mass is 79.9. The number of aliphatic hydroxyl groups is 1. The molecule has 1 atom stereocenters. The highest BCUT2D eigenvalue weighted by molar-refractivity contribution is 9.10. The molecule has 0 aliphatic carbocycles. The number of hydrogen-bond donors (Lipinski definition) is 3. The van der Waals surface area contributed by atoms with Gasteiger partial charge in [-0.2, -0.15) is 0 Å². The van der Waals surface area contributed by atoms with Crippen LogP contribution < -0.4 is 5.73 Å². The van der Waals surface area contributed by atoms with Crippen LogP contribution in [0.15, 0.2) is 28.9 Å². The number of aromatic nitrogens is 1. The average molecular weight is 320 g/mol. The Labute approximate surface area is 115 Å². The fourth-order valence-electron chi connectivity index (χ4n) is 1.89. The fourth-order valence-corrected chi connectivity index (χ4v) is 2.25. The van der Waals surface area contributed by atoms with Gasteiger partial charge in [-0.25, -0.2) is 0 Å². The fraction of sp³-hybridized carbons (Fsp3) is 0.333. The number of benzene rings is 1. The van der Waals surface area contributed by atoms with Gasteiger partial charge < -0.3 is 15.8 Å². The minimum absolute atomic E-state index is 0. The molecule has 0 radical (unpaired) electrons. The first-order valence-corrected chi connectivity index (χ1v) is 6.14. The second-order valence-corrected chi connectivity index (χ2v) is 4.82. The van der Waals surface area contributed by atoms with Crippen LogP contribution in [0.2, 0.25) is 0 Å². The Morgan fingerprint density at radius 3 is 2.88 bits per heavy atom. The van der Waals surface area contributed by atoms with Crippen LogP contribution in [0.4, 0.5) is 0 Å². The van der Waals surface area contributed by atoms with E-state index < -0.39 is 0 Å². The van der Waals surface area contributed by atoms with Crippen LogP contribution in [0.1, 0.15) is 24.4 Å². The first-order valence-electron chi connectivity index (χ1n) is 5.35. The SMILES string of the molecule is Cl.N[C@@H](CCCO)c1c[nH]c2ccc(Br)cc12. The van der Waals surface area contributed by atoms with E-state index in [9.17, 15) is 0 Å². The first-order chi connectivity index (χ1) is 7.72. The average Bonchev–Trinajstić information content (AvgIpc) is 2.68. The van der Waals surface area contributed by atoms with Crippen LogP contribution >= 0.6 is 28.3 Å². The van der Waals surface area contributed by atoms with E-state index in [-0.39, 0.29) is 25.1 Å². The zero-order chi connectivity index (χ0) is 11.5. The lowest BCUT2D eigenvalue weighted by molar-refractivity contribution is 0.280. The quantitative estimate of drug-likeness (QED) is 0.811. The lowest BCUT2D eigenvalue weighted by Gasteiger charge is -2.09. The van der Waals surface area contributed by atoms with E-state index in [2.05, 4.69) is 27.0 Å². The number of aromatic amines is 1. The number of halogens is 2. The number of rotatable bonds is 4. The predicted molar refractivity (Wildman–Crippen MR) is 76.5 cm³/mol. The Morgan fingerprint density at radius 1 is 1.41 bits per heavy atom. The van der Waals surface area contributed by atoms with Gasteiger partial charge in [0, 0.05) is 34.2 Å². The van der Waals surface area contributed by atoms with Gasteiger partial charge in [0.05, 0.1) is 0 Å². The maximum absolute atomic E-state index is 8.80. The Kier molecular flexibility index (Phi) is 5.46. The van der Waals surface area contributed by atoms with E-state index >= 15 is 0 Å². The Hall–Kier alpha value is -0.550. The van der Waals surface area contributed by atoms with E-state index in [0.717, 1.165) is 33.8 Å². The molecule has 1 aromatic carbocycles. The third kappa shape index (κ3) is 3.22. The largest absolute Gasteiger partial charge is 0.396 e. The molecule has 0 saturated carbocycles. The van der Waals surface area contributed by atoms with Gasteiger partial charge in [0.15, 0.2) is 0 Å². The predicted octanol–water partition coefficient (Wildman–Crippen LogP) is 3.12. The highest BCUT2D eigenvalue weighted by Crippen LogP contribution is 2.27. The molecule has 2 aromatic rings. The number of hydrogen-bond acceptors (Lipinski definition) is 2.